The maximum absolute atomic E-state index is 14.7. The lowest BCUT2D eigenvalue weighted by molar-refractivity contribution is -0.136. The number of nitrogens with one attached hydrogen (secondary N) is 17. The summed E-state index contributed by atoms with van der Waals surface area (Å²) in [6, 6.07) is 9.61. The molecule has 3 aromatic carbocycles. The number of guanidine groups is 2. The Kier molecular flexibility index (Phi) is 46.8. The number of primary amides is 2. The summed E-state index contributed by atoms with van der Waals surface area (Å²) in [4.78, 5) is 209. The van der Waals surface area contributed by atoms with E-state index in [9.17, 15) is 71.9 Å². The molecule has 0 aliphatic rings. The Bertz CT molecular complexity index is 3810. The highest BCUT2D eigenvalue weighted by molar-refractivity contribution is 6.00. The Morgan fingerprint density at radius 3 is 1.10 bits per heavy atom. The molecule has 0 heterocycles. The van der Waals surface area contributed by atoms with Crippen molar-refractivity contribution in [1.82, 2.24) is 79.8 Å². The molecule has 0 aliphatic heterocycles. The zero-order chi connectivity index (χ0) is 88.7. The van der Waals surface area contributed by atoms with Gasteiger partial charge in [0.25, 0.3) is 0 Å². The number of carbonyl (C=O) groups is 15. The van der Waals surface area contributed by atoms with Gasteiger partial charge in [-0.1, -0.05) is 145 Å². The van der Waals surface area contributed by atoms with Crippen LogP contribution in [0.5, 0.6) is 0 Å². The van der Waals surface area contributed by atoms with E-state index in [1.165, 1.54) is 6.92 Å². The molecule has 3 rings (SSSR count). The van der Waals surface area contributed by atoms with Crippen LogP contribution in [0.4, 0.5) is 0 Å². The molecular formula is C80H128N24O15. The van der Waals surface area contributed by atoms with Gasteiger partial charge in [-0.3, -0.25) is 82.7 Å². The van der Waals surface area contributed by atoms with Crippen molar-refractivity contribution in [3.63, 3.8) is 0 Å². The monoisotopic (exact) mass is 1660 g/mol. The van der Waals surface area contributed by atoms with E-state index >= 15 is 0 Å². The van der Waals surface area contributed by atoms with Crippen molar-refractivity contribution in [3.8, 4) is 0 Å². The molecule has 0 radical (unpaired) electrons. The number of rotatable bonds is 57. The summed E-state index contributed by atoms with van der Waals surface area (Å²) in [7, 11) is 0. The van der Waals surface area contributed by atoms with E-state index in [1.807, 2.05) is 0 Å². The molecule has 0 saturated heterocycles. The van der Waals surface area contributed by atoms with E-state index in [2.05, 4.69) is 79.8 Å². The van der Waals surface area contributed by atoms with Gasteiger partial charge in [-0.05, 0) is 132 Å². The first-order valence-corrected chi connectivity index (χ1v) is 40.4. The third-order valence-corrected chi connectivity index (χ3v) is 19.5. The molecular weight excluding hydrogens is 1540 g/mol. The first-order chi connectivity index (χ1) is 56.5. The Morgan fingerprint density at radius 1 is 0.345 bits per heavy atom. The largest absolute Gasteiger partial charge is 0.370 e. The molecule has 39 nitrogen and oxygen atoms in total. The van der Waals surface area contributed by atoms with E-state index in [4.69, 9.17) is 51.0 Å². The molecule has 0 unspecified atom stereocenters. The Hall–Kier alpha value is -11.9. The molecule has 0 fully saturated rings. The predicted octanol–water partition coefficient (Wildman–Crippen LogP) is -4.09. The predicted molar refractivity (Wildman–Crippen MR) is 447 cm³/mol. The Labute approximate surface area is 695 Å². The second kappa shape index (κ2) is 54.9. The fourth-order valence-corrected chi connectivity index (χ4v) is 12.4. The summed E-state index contributed by atoms with van der Waals surface area (Å²) in [5, 5.41) is 54.8. The summed E-state index contributed by atoms with van der Waals surface area (Å²) >= 11 is 0. The number of hydrogen-bond acceptors (Lipinski definition) is 20. The van der Waals surface area contributed by atoms with Gasteiger partial charge in [0.1, 0.15) is 66.5 Å². The second-order valence-electron chi connectivity index (χ2n) is 29.9. The Balaban J connectivity index is 1.85. The van der Waals surface area contributed by atoms with Crippen LogP contribution in [0.25, 0.3) is 0 Å². The fourth-order valence-electron chi connectivity index (χ4n) is 12.4. The van der Waals surface area contributed by atoms with Crippen LogP contribution in [0, 0.1) is 28.6 Å². The summed E-state index contributed by atoms with van der Waals surface area (Å²) in [5.41, 5.74) is 41.7. The van der Waals surface area contributed by atoms with Gasteiger partial charge in [-0.15, -0.1) is 0 Å². The third-order valence-electron chi connectivity index (χ3n) is 19.5. The van der Waals surface area contributed by atoms with Crippen molar-refractivity contribution in [2.45, 2.75) is 230 Å². The molecule has 39 heteroatoms. The standard InChI is InChI=1S/C80H128N24O15/c1-8-47(5)65(77(118)97-55(32-20-22-36-82)73(114)104-66(48(6)9-2)78(119)98-57(34-24-38-91-80(88)89)72(113)101-59(69(110)92-44-63(85)106)41-51-27-15-11-16-28-51)103-64(107)45-93-67(108)49(7)94-70(111)54(31-19-21-35-81)95-74(115)58(39-46(3)4)100-71(112)56(33-23-37-90-79(86)87)96-75(116)60(42-52-29-17-12-18-30-52)102-76(117)61(43-62(84)105)99-68(109)53(83)40-50-25-13-10-14-26-50/h10-18,25-30,46-49,53-61,65-66H,8-9,19-24,31-45,81-83H2,1-7H3,(H2,84,105)(H2,85,106)(H,92,110)(H,93,108)(H,94,111)(H,95,115)(H,96,116)(H,97,118)(H,98,119)(H,99,109)(H,100,112)(H,101,113)(H,102,117)(H,103,107)(H,104,114)(H4,86,87,90)(H4,88,89,91)/t47-,48-,49-,53-,54-,55-,56-,57-,58-,59-,60-,61-,65-,66-/m0/s1. The van der Waals surface area contributed by atoms with Gasteiger partial charge in [-0.25, -0.2) is 0 Å². The minimum Gasteiger partial charge on any atom is -0.370 e. The minimum absolute atomic E-state index is 0.0101. The second-order valence-corrected chi connectivity index (χ2v) is 29.9. The third kappa shape index (κ3) is 39.8. The maximum atomic E-state index is 14.7. The van der Waals surface area contributed by atoms with Crippen LogP contribution < -0.4 is 120 Å². The van der Waals surface area contributed by atoms with Gasteiger partial charge >= 0.3 is 0 Å². The van der Waals surface area contributed by atoms with Gasteiger partial charge in [0, 0.05) is 25.9 Å². The summed E-state index contributed by atoms with van der Waals surface area (Å²) in [6.45, 7) is 11.1. The highest BCUT2D eigenvalue weighted by Gasteiger charge is 2.38. The molecule has 119 heavy (non-hydrogen) atoms. The molecule has 658 valence electrons. The molecule has 3 aromatic rings. The van der Waals surface area contributed by atoms with Crippen LogP contribution in [0.2, 0.25) is 0 Å². The first-order valence-electron chi connectivity index (χ1n) is 40.4. The minimum atomic E-state index is -1.60. The van der Waals surface area contributed by atoms with E-state index in [0.717, 1.165) is 5.56 Å². The van der Waals surface area contributed by atoms with Crippen molar-refractivity contribution in [2.24, 2.45) is 57.9 Å². The molecule has 0 saturated carbocycles. The topological polar surface area (TPSA) is 666 Å². The zero-order valence-electron chi connectivity index (χ0n) is 69.2. The first kappa shape index (κ1) is 101. The fraction of sp³-hybridized carbons (Fsp3) is 0.562. The quantitative estimate of drug-likeness (QED) is 0.0145. The van der Waals surface area contributed by atoms with E-state index in [-0.39, 0.29) is 108 Å². The van der Waals surface area contributed by atoms with Crippen LogP contribution in [0.15, 0.2) is 91.0 Å². The number of carbonyl (C=O) groups excluding carboxylic acids is 15. The number of nitrogens with two attached hydrogens (primary N) is 7. The highest BCUT2D eigenvalue weighted by atomic mass is 16.2. The van der Waals surface area contributed by atoms with Crippen LogP contribution in [0.1, 0.15) is 155 Å². The lowest BCUT2D eigenvalue weighted by atomic mass is 9.96. The number of unbranched alkanes of at least 4 members (excludes halogenated alkanes) is 2. The van der Waals surface area contributed by atoms with Gasteiger partial charge in [0.05, 0.1) is 25.6 Å². The average molecular weight is 1670 g/mol. The van der Waals surface area contributed by atoms with Crippen molar-refractivity contribution in [3.05, 3.63) is 108 Å². The van der Waals surface area contributed by atoms with E-state index in [0.29, 0.717) is 49.7 Å². The van der Waals surface area contributed by atoms with E-state index in [1.54, 1.807) is 133 Å². The lowest BCUT2D eigenvalue weighted by Crippen LogP contribution is -2.61. The van der Waals surface area contributed by atoms with Crippen LogP contribution in [-0.4, -0.2) is 212 Å². The lowest BCUT2D eigenvalue weighted by Gasteiger charge is -2.30. The molecule has 14 atom stereocenters. The molecule has 31 N–H and O–H groups in total. The number of benzene rings is 3. The molecule has 0 bridgehead atoms. The number of hydrogen-bond donors (Lipinski definition) is 24. The van der Waals surface area contributed by atoms with Gasteiger partial charge in [-0.2, -0.15) is 0 Å². The van der Waals surface area contributed by atoms with Gasteiger partial charge < -0.3 is 120 Å². The van der Waals surface area contributed by atoms with Crippen molar-refractivity contribution >= 4 is 101 Å². The molecule has 0 aromatic heterocycles. The smallest absolute Gasteiger partial charge is 0.243 e. The maximum Gasteiger partial charge on any atom is 0.243 e. The zero-order valence-corrected chi connectivity index (χ0v) is 69.2. The summed E-state index contributed by atoms with van der Waals surface area (Å²) in [5.74, 6) is -14.9. The highest BCUT2D eigenvalue weighted by Crippen LogP contribution is 2.17. The van der Waals surface area contributed by atoms with Gasteiger partial charge in [0.2, 0.25) is 88.6 Å². The molecule has 0 spiro atoms. The van der Waals surface area contributed by atoms with Crippen molar-refractivity contribution < 1.29 is 71.9 Å². The summed E-state index contributed by atoms with van der Waals surface area (Å²) < 4.78 is 0. The molecule has 0 aliphatic carbocycles. The van der Waals surface area contributed by atoms with E-state index < -0.39 is 192 Å². The number of amides is 15. The average Bonchev–Trinajstić information content (AvgIpc) is 0.857. The normalized spacial score (nSPS) is 14.5. The molecule has 15 amide bonds. The van der Waals surface area contributed by atoms with Crippen molar-refractivity contribution in [1.29, 1.82) is 10.8 Å². The SMILES string of the molecule is CC[C@H](C)[C@H](NC(=O)CNC(=O)[C@H](C)NC(=O)[C@H](CCCCN)NC(=O)[C@H](CC(C)C)NC(=O)[C@H](CCCNC(=N)N)NC(=O)[C@H](Cc1ccccc1)NC(=O)[C@H](CC(N)=O)NC(=O)[C@@H](N)Cc1ccccc1)C(=O)N[C@@H](CCCCN)C(=O)N[C@H](C(=O)N[C@@H](CCCNC(=N)N)C(=O)N[C@@H](Cc1ccccc1)C(=O)NCC(N)=O)[C@@H](C)CC. The van der Waals surface area contributed by atoms with Crippen molar-refractivity contribution in [2.75, 3.05) is 39.3 Å². The Morgan fingerprint density at radius 2 is 0.689 bits per heavy atom. The van der Waals surface area contributed by atoms with Crippen LogP contribution in [-0.2, 0) is 91.2 Å². The van der Waals surface area contributed by atoms with Crippen LogP contribution in [0.3, 0.4) is 0 Å². The van der Waals surface area contributed by atoms with Crippen LogP contribution >= 0.6 is 0 Å². The summed E-state index contributed by atoms with van der Waals surface area (Å²) in [6.07, 6.45) is 1.40. The van der Waals surface area contributed by atoms with Gasteiger partial charge in [0.15, 0.2) is 11.9 Å².